The third-order valence-corrected chi connectivity index (χ3v) is 1.80. The summed E-state index contributed by atoms with van der Waals surface area (Å²) in [5.74, 6) is -0.914. The molecule has 0 rings (SSSR count). The van der Waals surface area contributed by atoms with Gasteiger partial charge in [-0.2, -0.15) is 0 Å². The van der Waals surface area contributed by atoms with Crippen LogP contribution in [0.15, 0.2) is 0 Å². The Morgan fingerprint density at radius 1 is 1.67 bits per heavy atom. The van der Waals surface area contributed by atoms with Crippen LogP contribution >= 0.6 is 0 Å². The van der Waals surface area contributed by atoms with Crippen molar-refractivity contribution in [2.45, 2.75) is 19.8 Å². The highest BCUT2D eigenvalue weighted by atomic mass is 19.3. The Labute approximate surface area is 69.9 Å². The van der Waals surface area contributed by atoms with Gasteiger partial charge in [-0.1, -0.05) is 0 Å². The molecule has 2 N–H and O–H groups in total. The summed E-state index contributed by atoms with van der Waals surface area (Å²) in [5.41, 5.74) is 3.34. The van der Waals surface area contributed by atoms with Crippen LogP contribution < -0.4 is 5.73 Å². The lowest BCUT2D eigenvalue weighted by molar-refractivity contribution is -0.161. The van der Waals surface area contributed by atoms with Crippen LogP contribution in [0.1, 0.15) is 13.3 Å². The summed E-state index contributed by atoms with van der Waals surface area (Å²) in [6.07, 6.45) is -2.81. The summed E-state index contributed by atoms with van der Waals surface area (Å²) in [4.78, 5) is 10.9. The molecule has 0 aromatic rings. The van der Waals surface area contributed by atoms with Crippen molar-refractivity contribution in [1.29, 1.82) is 0 Å². The van der Waals surface area contributed by atoms with E-state index in [4.69, 9.17) is 5.73 Å². The van der Waals surface area contributed by atoms with Gasteiger partial charge in [0, 0.05) is 0 Å². The van der Waals surface area contributed by atoms with Crippen LogP contribution in [0.25, 0.3) is 0 Å². The van der Waals surface area contributed by atoms with E-state index in [1.54, 1.807) is 0 Å². The molecule has 0 amide bonds. The van der Waals surface area contributed by atoms with Crippen LogP contribution in [0.2, 0.25) is 0 Å². The van der Waals surface area contributed by atoms with E-state index in [9.17, 15) is 13.6 Å². The van der Waals surface area contributed by atoms with E-state index in [2.05, 4.69) is 4.74 Å². The molecule has 3 nitrogen and oxygen atoms in total. The number of rotatable bonds is 4. The highest BCUT2D eigenvalue weighted by molar-refractivity contribution is 5.76. The average molecular weight is 181 g/mol. The van der Waals surface area contributed by atoms with Gasteiger partial charge >= 0.3 is 5.97 Å². The van der Waals surface area contributed by atoms with Gasteiger partial charge in [0.15, 0.2) is 0 Å². The molecule has 1 unspecified atom stereocenters. The minimum Gasteiger partial charge on any atom is -0.468 e. The van der Waals surface area contributed by atoms with E-state index in [1.165, 1.54) is 0 Å². The summed E-state index contributed by atoms with van der Waals surface area (Å²) in [6, 6.07) is 0. The van der Waals surface area contributed by atoms with Gasteiger partial charge in [-0.3, -0.25) is 4.79 Å². The van der Waals surface area contributed by atoms with Crippen molar-refractivity contribution in [3.8, 4) is 0 Å². The van der Waals surface area contributed by atoms with Crippen LogP contribution in [0.3, 0.4) is 0 Å². The SMILES string of the molecule is COC(=O)C(C)(CCN)C(F)F. The van der Waals surface area contributed by atoms with E-state index in [-0.39, 0.29) is 13.0 Å². The Kier molecular flexibility index (Phi) is 4.09. The molecule has 0 aliphatic heterocycles. The number of carbonyl (C=O) groups is 1. The van der Waals surface area contributed by atoms with E-state index < -0.39 is 17.8 Å². The summed E-state index contributed by atoms with van der Waals surface area (Å²) in [7, 11) is 1.08. The molecule has 0 aromatic carbocycles. The lowest BCUT2D eigenvalue weighted by Gasteiger charge is -2.24. The van der Waals surface area contributed by atoms with E-state index >= 15 is 0 Å². The lowest BCUT2D eigenvalue weighted by atomic mass is 9.87. The molecule has 1 atom stereocenters. The smallest absolute Gasteiger partial charge is 0.317 e. The second kappa shape index (κ2) is 4.35. The number of esters is 1. The van der Waals surface area contributed by atoms with Gasteiger partial charge in [-0.15, -0.1) is 0 Å². The largest absolute Gasteiger partial charge is 0.468 e. The normalized spacial score (nSPS) is 15.8. The van der Waals surface area contributed by atoms with Gasteiger partial charge < -0.3 is 10.5 Å². The quantitative estimate of drug-likeness (QED) is 0.652. The first-order chi connectivity index (χ1) is 5.49. The zero-order chi connectivity index (χ0) is 9.78. The molecule has 12 heavy (non-hydrogen) atoms. The average Bonchev–Trinajstić information content (AvgIpc) is 2.03. The van der Waals surface area contributed by atoms with E-state index in [0.717, 1.165) is 14.0 Å². The number of methoxy groups -OCH3 is 1. The van der Waals surface area contributed by atoms with E-state index in [0.29, 0.717) is 0 Å². The Balaban J connectivity index is 4.49. The van der Waals surface area contributed by atoms with Crippen molar-refractivity contribution in [2.24, 2.45) is 11.1 Å². The van der Waals surface area contributed by atoms with Gasteiger partial charge in [0.2, 0.25) is 0 Å². The second-order valence-corrected chi connectivity index (χ2v) is 2.75. The predicted octanol–water partition coefficient (Wildman–Crippen LogP) is 0.780. The zero-order valence-electron chi connectivity index (χ0n) is 7.14. The predicted molar refractivity (Wildman–Crippen MR) is 39.8 cm³/mol. The van der Waals surface area contributed by atoms with Crippen LogP contribution in [-0.2, 0) is 9.53 Å². The topological polar surface area (TPSA) is 52.3 Å². The highest BCUT2D eigenvalue weighted by Crippen LogP contribution is 2.30. The third kappa shape index (κ3) is 2.14. The van der Waals surface area contributed by atoms with Crippen LogP contribution in [0.5, 0.6) is 0 Å². The Morgan fingerprint density at radius 2 is 2.17 bits per heavy atom. The van der Waals surface area contributed by atoms with Gasteiger partial charge in [-0.25, -0.2) is 8.78 Å². The molecule has 0 radical (unpaired) electrons. The van der Waals surface area contributed by atoms with Gasteiger partial charge in [0.1, 0.15) is 5.41 Å². The number of hydrogen-bond acceptors (Lipinski definition) is 3. The zero-order valence-corrected chi connectivity index (χ0v) is 7.14. The third-order valence-electron chi connectivity index (χ3n) is 1.80. The summed E-state index contributed by atoms with van der Waals surface area (Å²) < 4.78 is 29.0. The van der Waals surface area contributed by atoms with Crippen LogP contribution in [0.4, 0.5) is 8.78 Å². The second-order valence-electron chi connectivity index (χ2n) is 2.75. The Bertz CT molecular complexity index is 163. The monoisotopic (exact) mass is 181 g/mol. The molecular formula is C7H13F2NO2. The van der Waals surface area contributed by atoms with Crippen molar-refractivity contribution >= 4 is 5.97 Å². The van der Waals surface area contributed by atoms with Crippen LogP contribution in [0, 0.1) is 5.41 Å². The fourth-order valence-electron chi connectivity index (χ4n) is 0.833. The first-order valence-electron chi connectivity index (χ1n) is 3.55. The number of carbonyl (C=O) groups excluding carboxylic acids is 1. The van der Waals surface area contributed by atoms with Gasteiger partial charge in [0.05, 0.1) is 7.11 Å². The number of ether oxygens (including phenoxy) is 1. The minimum absolute atomic E-state index is 0.0376. The maximum atomic E-state index is 12.4. The molecule has 0 spiro atoms. The first-order valence-corrected chi connectivity index (χ1v) is 3.55. The van der Waals surface area contributed by atoms with Gasteiger partial charge in [-0.05, 0) is 19.9 Å². The van der Waals surface area contributed by atoms with Crippen molar-refractivity contribution in [3.05, 3.63) is 0 Å². The molecule has 72 valence electrons. The molecule has 0 bridgehead atoms. The van der Waals surface area contributed by atoms with Gasteiger partial charge in [0.25, 0.3) is 6.43 Å². The molecular weight excluding hydrogens is 168 g/mol. The van der Waals surface area contributed by atoms with Crippen molar-refractivity contribution in [1.82, 2.24) is 0 Å². The Hall–Kier alpha value is -0.710. The Morgan fingerprint density at radius 3 is 2.42 bits per heavy atom. The molecule has 0 aliphatic carbocycles. The minimum atomic E-state index is -2.74. The number of hydrogen-bond donors (Lipinski definition) is 1. The summed E-state index contributed by atoms with van der Waals surface area (Å²) in [5, 5.41) is 0. The molecule has 0 saturated carbocycles. The standard InChI is InChI=1S/C7H13F2NO2/c1-7(3-4-10,5(8)9)6(11)12-2/h5H,3-4,10H2,1-2H3. The van der Waals surface area contributed by atoms with Crippen molar-refractivity contribution < 1.29 is 18.3 Å². The number of alkyl halides is 2. The van der Waals surface area contributed by atoms with Crippen LogP contribution in [-0.4, -0.2) is 26.0 Å². The highest BCUT2D eigenvalue weighted by Gasteiger charge is 2.42. The first kappa shape index (κ1) is 11.3. The maximum absolute atomic E-state index is 12.4. The molecule has 5 heteroatoms. The molecule has 0 saturated heterocycles. The van der Waals surface area contributed by atoms with E-state index in [1.807, 2.05) is 0 Å². The summed E-state index contributed by atoms with van der Waals surface area (Å²) >= 11 is 0. The maximum Gasteiger partial charge on any atom is 0.317 e. The summed E-state index contributed by atoms with van der Waals surface area (Å²) in [6.45, 7) is 1.19. The molecule has 0 aliphatic rings. The fourth-order valence-corrected chi connectivity index (χ4v) is 0.833. The molecule has 0 fully saturated rings. The fraction of sp³-hybridized carbons (Fsp3) is 0.857. The van der Waals surface area contributed by atoms with Crippen molar-refractivity contribution in [3.63, 3.8) is 0 Å². The molecule has 0 heterocycles. The molecule has 0 aromatic heterocycles. The number of halogens is 2. The van der Waals surface area contributed by atoms with Crippen molar-refractivity contribution in [2.75, 3.05) is 13.7 Å². The number of nitrogens with two attached hydrogens (primary N) is 1. The lowest BCUT2D eigenvalue weighted by Crippen LogP contribution is -2.38.